The molecule has 114 valence electrons. The zero-order valence-corrected chi connectivity index (χ0v) is 15.6. The van der Waals surface area contributed by atoms with E-state index in [2.05, 4.69) is 42.4 Å². The number of hydrogen-bond donors (Lipinski definition) is 1. The molecule has 0 heterocycles. The number of carbonyl (C=O) groups excluding carboxylic acids is 1. The summed E-state index contributed by atoms with van der Waals surface area (Å²) in [6, 6.07) is 15.7. The summed E-state index contributed by atoms with van der Waals surface area (Å²) in [5.74, 6) is 1.05. The Kier molecular flexibility index (Phi) is 7.15. The van der Waals surface area contributed by atoms with Gasteiger partial charge in [-0.15, -0.1) is 11.8 Å². The zero-order valence-electron chi connectivity index (χ0n) is 11.6. The molecule has 0 radical (unpaired) electrons. The first kappa shape index (κ1) is 17.2. The molecular weight excluding hydrogens is 428 g/mol. The van der Waals surface area contributed by atoms with Gasteiger partial charge in [0, 0.05) is 14.7 Å². The predicted molar refractivity (Wildman–Crippen MR) is 100 cm³/mol. The van der Waals surface area contributed by atoms with Crippen molar-refractivity contribution in [1.29, 1.82) is 0 Å². The summed E-state index contributed by atoms with van der Waals surface area (Å²) < 4.78 is 2.04. The molecular formula is C16H14Br2N2OS. The number of nitrogens with zero attached hydrogens (tertiary/aromatic N) is 1. The molecule has 2 aromatic carbocycles. The smallest absolute Gasteiger partial charge is 0.250 e. The van der Waals surface area contributed by atoms with Gasteiger partial charge in [0.15, 0.2) is 0 Å². The van der Waals surface area contributed by atoms with Crippen LogP contribution in [-0.2, 0) is 10.5 Å². The number of nitrogens with one attached hydrogen (secondary N) is 1. The van der Waals surface area contributed by atoms with Gasteiger partial charge in [-0.1, -0.05) is 62.2 Å². The molecule has 0 atom stereocenters. The van der Waals surface area contributed by atoms with Crippen molar-refractivity contribution in [2.24, 2.45) is 5.10 Å². The van der Waals surface area contributed by atoms with Gasteiger partial charge in [-0.25, -0.2) is 5.43 Å². The van der Waals surface area contributed by atoms with Crippen molar-refractivity contribution in [2.45, 2.75) is 5.75 Å². The van der Waals surface area contributed by atoms with Crippen molar-refractivity contribution in [1.82, 2.24) is 5.43 Å². The Bertz CT molecular complexity index is 677. The van der Waals surface area contributed by atoms with E-state index in [0.29, 0.717) is 5.75 Å². The van der Waals surface area contributed by atoms with Gasteiger partial charge in [-0.05, 0) is 29.3 Å². The van der Waals surface area contributed by atoms with Gasteiger partial charge >= 0.3 is 0 Å². The van der Waals surface area contributed by atoms with Crippen LogP contribution in [0.15, 0.2) is 62.6 Å². The lowest BCUT2D eigenvalue weighted by Gasteiger charge is -2.03. The highest BCUT2D eigenvalue weighted by atomic mass is 79.9. The first-order valence-corrected chi connectivity index (χ1v) is 9.28. The lowest BCUT2D eigenvalue weighted by atomic mass is 10.2. The minimum Gasteiger partial charge on any atom is -0.272 e. The van der Waals surface area contributed by atoms with E-state index in [0.717, 1.165) is 20.3 Å². The van der Waals surface area contributed by atoms with E-state index >= 15 is 0 Å². The molecule has 0 aliphatic heterocycles. The van der Waals surface area contributed by atoms with Crippen molar-refractivity contribution in [3.8, 4) is 0 Å². The van der Waals surface area contributed by atoms with Crippen molar-refractivity contribution in [3.05, 3.63) is 68.6 Å². The van der Waals surface area contributed by atoms with Crippen LogP contribution in [0.3, 0.4) is 0 Å². The third kappa shape index (κ3) is 5.94. The van der Waals surface area contributed by atoms with Gasteiger partial charge < -0.3 is 0 Å². The topological polar surface area (TPSA) is 41.5 Å². The molecule has 0 fully saturated rings. The molecule has 0 unspecified atom stereocenters. The van der Waals surface area contributed by atoms with Crippen LogP contribution in [0.25, 0.3) is 0 Å². The first-order chi connectivity index (χ1) is 10.6. The van der Waals surface area contributed by atoms with E-state index < -0.39 is 0 Å². The van der Waals surface area contributed by atoms with Crippen LogP contribution in [0, 0.1) is 0 Å². The second-order valence-corrected chi connectivity index (χ2v) is 7.19. The van der Waals surface area contributed by atoms with Crippen LogP contribution >= 0.6 is 43.6 Å². The SMILES string of the molecule is O=C(CSCc1ccccc1Br)N/N=C/c1cccc(Br)c1. The largest absolute Gasteiger partial charge is 0.272 e. The highest BCUT2D eigenvalue weighted by Gasteiger charge is 2.02. The molecule has 6 heteroatoms. The summed E-state index contributed by atoms with van der Waals surface area (Å²) in [5.41, 5.74) is 4.64. The Labute approximate surface area is 150 Å². The summed E-state index contributed by atoms with van der Waals surface area (Å²) in [6.07, 6.45) is 1.63. The number of hydrazone groups is 1. The number of thioether (sulfide) groups is 1. The molecule has 0 saturated carbocycles. The van der Waals surface area contributed by atoms with E-state index in [9.17, 15) is 4.79 Å². The Hall–Kier alpha value is -1.11. The molecule has 1 N–H and O–H groups in total. The second kappa shape index (κ2) is 9.12. The lowest BCUT2D eigenvalue weighted by molar-refractivity contribution is -0.118. The van der Waals surface area contributed by atoms with Crippen molar-refractivity contribution in [3.63, 3.8) is 0 Å². The monoisotopic (exact) mass is 440 g/mol. The van der Waals surface area contributed by atoms with Gasteiger partial charge in [-0.2, -0.15) is 5.10 Å². The molecule has 1 amide bonds. The van der Waals surface area contributed by atoms with Gasteiger partial charge in [0.05, 0.1) is 12.0 Å². The third-order valence-corrected chi connectivity index (χ3v) is 4.95. The number of carbonyl (C=O) groups is 1. The molecule has 0 spiro atoms. The van der Waals surface area contributed by atoms with Gasteiger partial charge in [0.25, 0.3) is 0 Å². The summed E-state index contributed by atoms with van der Waals surface area (Å²) in [5, 5.41) is 3.96. The number of hydrogen-bond acceptors (Lipinski definition) is 3. The van der Waals surface area contributed by atoms with E-state index in [4.69, 9.17) is 0 Å². The summed E-state index contributed by atoms with van der Waals surface area (Å²) in [7, 11) is 0. The van der Waals surface area contributed by atoms with Crippen molar-refractivity contribution in [2.75, 3.05) is 5.75 Å². The summed E-state index contributed by atoms with van der Waals surface area (Å²) in [6.45, 7) is 0. The maximum Gasteiger partial charge on any atom is 0.250 e. The quantitative estimate of drug-likeness (QED) is 0.525. The Morgan fingerprint density at radius 3 is 2.77 bits per heavy atom. The minimum atomic E-state index is -0.108. The van der Waals surface area contributed by atoms with Gasteiger partial charge in [0.1, 0.15) is 0 Å². The molecule has 3 nitrogen and oxygen atoms in total. The predicted octanol–water partition coefficient (Wildman–Crippen LogP) is 4.60. The fourth-order valence-electron chi connectivity index (χ4n) is 1.67. The van der Waals surface area contributed by atoms with E-state index in [1.807, 2.05) is 48.5 Å². The second-order valence-electron chi connectivity index (χ2n) is 4.43. The average Bonchev–Trinajstić information content (AvgIpc) is 2.49. The third-order valence-electron chi connectivity index (χ3n) is 2.70. The van der Waals surface area contributed by atoms with Gasteiger partial charge in [0.2, 0.25) is 5.91 Å². The molecule has 0 bridgehead atoms. The fraction of sp³-hybridized carbons (Fsp3) is 0.125. The normalized spacial score (nSPS) is 10.8. The highest BCUT2D eigenvalue weighted by molar-refractivity contribution is 9.10. The van der Waals surface area contributed by atoms with Crippen LogP contribution in [0.5, 0.6) is 0 Å². The van der Waals surface area contributed by atoms with E-state index in [1.54, 1.807) is 18.0 Å². The fourth-order valence-corrected chi connectivity index (χ4v) is 3.52. The maximum absolute atomic E-state index is 11.7. The maximum atomic E-state index is 11.7. The van der Waals surface area contributed by atoms with E-state index in [-0.39, 0.29) is 5.91 Å². The number of halogens is 2. The molecule has 0 aliphatic carbocycles. The molecule has 2 rings (SSSR count). The molecule has 22 heavy (non-hydrogen) atoms. The molecule has 0 aliphatic rings. The van der Waals surface area contributed by atoms with Crippen molar-refractivity contribution < 1.29 is 4.79 Å². The highest BCUT2D eigenvalue weighted by Crippen LogP contribution is 2.21. The number of amides is 1. The lowest BCUT2D eigenvalue weighted by Crippen LogP contribution is -2.19. The van der Waals surface area contributed by atoms with Gasteiger partial charge in [-0.3, -0.25) is 4.79 Å². The molecule has 2 aromatic rings. The molecule has 0 saturated heterocycles. The average molecular weight is 442 g/mol. The number of benzene rings is 2. The van der Waals surface area contributed by atoms with Crippen molar-refractivity contribution >= 4 is 55.7 Å². The standard InChI is InChI=1S/C16H14Br2N2OS/c17-14-6-3-4-12(8-14)9-19-20-16(21)11-22-10-13-5-1-2-7-15(13)18/h1-9H,10-11H2,(H,20,21)/b19-9+. The Morgan fingerprint density at radius 2 is 2.00 bits per heavy atom. The first-order valence-electron chi connectivity index (χ1n) is 6.54. The minimum absolute atomic E-state index is 0.108. The Balaban J connectivity index is 1.73. The summed E-state index contributed by atoms with van der Waals surface area (Å²) >= 11 is 8.44. The van der Waals surface area contributed by atoms with E-state index in [1.165, 1.54) is 5.56 Å². The van der Waals surface area contributed by atoms with Crippen LogP contribution in [0.4, 0.5) is 0 Å². The van der Waals surface area contributed by atoms with Crippen LogP contribution in [0.2, 0.25) is 0 Å². The van der Waals surface area contributed by atoms with Crippen LogP contribution < -0.4 is 5.43 Å². The Morgan fingerprint density at radius 1 is 1.18 bits per heavy atom. The zero-order chi connectivity index (χ0) is 15.8. The van der Waals surface area contributed by atoms with Crippen LogP contribution in [0.1, 0.15) is 11.1 Å². The number of rotatable bonds is 6. The summed E-state index contributed by atoms with van der Waals surface area (Å²) in [4.78, 5) is 11.7. The molecule has 0 aromatic heterocycles. The van der Waals surface area contributed by atoms with Crippen LogP contribution in [-0.4, -0.2) is 17.9 Å².